The van der Waals surface area contributed by atoms with Crippen LogP contribution in [0.5, 0.6) is 0 Å². The van der Waals surface area contributed by atoms with Crippen LogP contribution in [0.2, 0.25) is 0 Å². The molecule has 2 fully saturated rings. The van der Waals surface area contributed by atoms with Gasteiger partial charge in [-0.25, -0.2) is 0 Å². The Balaban J connectivity index is 1.37. The van der Waals surface area contributed by atoms with E-state index in [-0.39, 0.29) is 18.9 Å². The van der Waals surface area contributed by atoms with E-state index in [1.807, 2.05) is 109 Å². The first kappa shape index (κ1) is 27.4. The summed E-state index contributed by atoms with van der Waals surface area (Å²) in [6, 6.07) is 30.8. The Bertz CT molecular complexity index is 1690. The van der Waals surface area contributed by atoms with E-state index in [1.54, 1.807) is 6.08 Å². The maximum absolute atomic E-state index is 13.8. The molecule has 2 amide bonds. The molecule has 0 aromatic heterocycles. The zero-order valence-corrected chi connectivity index (χ0v) is 23.1. The molecule has 2 N–H and O–H groups in total. The van der Waals surface area contributed by atoms with Crippen LogP contribution in [0.4, 0.5) is 0 Å². The molecule has 4 aromatic carbocycles. The third-order valence-corrected chi connectivity index (χ3v) is 8.54. The molecule has 0 saturated carbocycles. The Hall–Kier alpha value is -4.81. The highest BCUT2D eigenvalue weighted by Gasteiger charge is 2.68. The standard InChI is InChI=1S/C36H32N2O4/c1-2-3-21-38-33(39)30-31(34(38)40)36(35(41)42,23-26-17-18-27-11-7-8-12-29(27)22-26)37-32(30)28-19-15-25(16-20-28)14-13-24-9-5-4-6-10-24/h2,4-20,22,30-32,37H,1,3,21,23H2,(H,41,42)/b14-13+. The molecule has 6 rings (SSSR count). The average molecular weight is 557 g/mol. The minimum atomic E-state index is -1.65. The number of carboxylic acid groups (broad SMARTS) is 1. The number of nitrogens with zero attached hydrogens (tertiary/aromatic N) is 1. The molecule has 4 unspecified atom stereocenters. The second-order valence-electron chi connectivity index (χ2n) is 11.1. The van der Waals surface area contributed by atoms with Gasteiger partial charge in [-0.05, 0) is 39.4 Å². The van der Waals surface area contributed by atoms with Crippen molar-refractivity contribution in [2.75, 3.05) is 6.54 Å². The molecule has 0 bridgehead atoms. The summed E-state index contributed by atoms with van der Waals surface area (Å²) in [5, 5.41) is 16.1. The van der Waals surface area contributed by atoms with E-state index in [0.29, 0.717) is 6.42 Å². The molecule has 210 valence electrons. The van der Waals surface area contributed by atoms with E-state index in [0.717, 1.165) is 33.0 Å². The lowest BCUT2D eigenvalue weighted by Crippen LogP contribution is -2.57. The number of carbonyl (C=O) groups is 3. The molecule has 2 aliphatic heterocycles. The first-order chi connectivity index (χ1) is 20.4. The van der Waals surface area contributed by atoms with Gasteiger partial charge in [0.15, 0.2) is 0 Å². The number of nitrogens with one attached hydrogen (secondary N) is 1. The van der Waals surface area contributed by atoms with Crippen LogP contribution >= 0.6 is 0 Å². The van der Waals surface area contributed by atoms with Crippen LogP contribution in [0.3, 0.4) is 0 Å². The summed E-state index contributed by atoms with van der Waals surface area (Å²) in [7, 11) is 0. The summed E-state index contributed by atoms with van der Waals surface area (Å²) < 4.78 is 0. The lowest BCUT2D eigenvalue weighted by Gasteiger charge is -2.31. The Morgan fingerprint density at radius 3 is 2.21 bits per heavy atom. The number of aliphatic carboxylic acids is 1. The predicted octanol–water partition coefficient (Wildman–Crippen LogP) is 5.90. The van der Waals surface area contributed by atoms with Gasteiger partial charge in [-0.15, -0.1) is 6.58 Å². The lowest BCUT2D eigenvalue weighted by molar-refractivity contribution is -0.151. The number of hydrogen-bond donors (Lipinski definition) is 2. The molecular formula is C36H32N2O4. The Morgan fingerprint density at radius 2 is 1.52 bits per heavy atom. The van der Waals surface area contributed by atoms with E-state index in [2.05, 4.69) is 11.9 Å². The summed E-state index contributed by atoms with van der Waals surface area (Å²) in [6.45, 7) is 3.92. The van der Waals surface area contributed by atoms with Crippen LogP contribution in [0.15, 0.2) is 110 Å². The van der Waals surface area contributed by atoms with Crippen molar-refractivity contribution < 1.29 is 19.5 Å². The molecule has 4 atom stereocenters. The Labute approximate surface area is 245 Å². The van der Waals surface area contributed by atoms with Gasteiger partial charge in [0.25, 0.3) is 0 Å². The maximum atomic E-state index is 13.8. The SMILES string of the molecule is C=CCCN1C(=O)C2C(c3ccc(/C=C/c4ccccc4)cc3)NC(Cc3ccc4ccccc4c3)(C(=O)O)C2C1=O. The van der Waals surface area contributed by atoms with Gasteiger partial charge < -0.3 is 5.11 Å². The highest BCUT2D eigenvalue weighted by atomic mass is 16.4. The van der Waals surface area contributed by atoms with E-state index >= 15 is 0 Å². The van der Waals surface area contributed by atoms with E-state index in [1.165, 1.54) is 4.90 Å². The molecule has 2 saturated heterocycles. The van der Waals surface area contributed by atoms with Crippen LogP contribution in [0.1, 0.15) is 34.7 Å². The van der Waals surface area contributed by atoms with E-state index in [4.69, 9.17) is 0 Å². The normalized spacial score (nSPS) is 23.5. The number of fused-ring (bicyclic) bond motifs is 2. The predicted molar refractivity (Wildman–Crippen MR) is 164 cm³/mol. The van der Waals surface area contributed by atoms with E-state index in [9.17, 15) is 19.5 Å². The smallest absolute Gasteiger partial charge is 0.325 e. The van der Waals surface area contributed by atoms with Gasteiger partial charge in [0.1, 0.15) is 5.54 Å². The average Bonchev–Trinajstić information content (AvgIpc) is 3.49. The van der Waals surface area contributed by atoms with Crippen LogP contribution in [0, 0.1) is 11.8 Å². The van der Waals surface area contributed by atoms with Gasteiger partial charge in [-0.3, -0.25) is 24.6 Å². The number of amides is 2. The third-order valence-electron chi connectivity index (χ3n) is 8.54. The minimum absolute atomic E-state index is 0.0665. The van der Waals surface area contributed by atoms with Gasteiger partial charge in [-0.2, -0.15) is 0 Å². The first-order valence-corrected chi connectivity index (χ1v) is 14.2. The van der Waals surface area contributed by atoms with Gasteiger partial charge in [0.2, 0.25) is 11.8 Å². The fourth-order valence-electron chi connectivity index (χ4n) is 6.47. The van der Waals surface area contributed by atoms with Gasteiger partial charge in [0, 0.05) is 19.0 Å². The quantitative estimate of drug-likeness (QED) is 0.152. The Kier molecular flexibility index (Phi) is 7.31. The highest BCUT2D eigenvalue weighted by molar-refractivity contribution is 6.09. The number of hydrogen-bond acceptors (Lipinski definition) is 4. The van der Waals surface area contributed by atoms with Crippen LogP contribution in [-0.2, 0) is 20.8 Å². The number of carboxylic acids is 1. The van der Waals surface area contributed by atoms with Crippen molar-refractivity contribution in [2.24, 2.45) is 11.8 Å². The molecule has 0 aliphatic carbocycles. The summed E-state index contributed by atoms with van der Waals surface area (Å²) >= 11 is 0. The summed E-state index contributed by atoms with van der Waals surface area (Å²) in [4.78, 5) is 42.0. The molecule has 2 heterocycles. The summed E-state index contributed by atoms with van der Waals surface area (Å²) in [5.41, 5.74) is 1.96. The van der Waals surface area contributed by atoms with Crippen molar-refractivity contribution in [1.82, 2.24) is 10.2 Å². The van der Waals surface area contributed by atoms with Crippen molar-refractivity contribution in [2.45, 2.75) is 24.4 Å². The van der Waals surface area contributed by atoms with Gasteiger partial charge >= 0.3 is 5.97 Å². The monoisotopic (exact) mass is 556 g/mol. The molecular weight excluding hydrogens is 524 g/mol. The van der Waals surface area contributed by atoms with Crippen molar-refractivity contribution in [1.29, 1.82) is 0 Å². The number of rotatable bonds is 9. The zero-order valence-electron chi connectivity index (χ0n) is 23.1. The van der Waals surface area contributed by atoms with Crippen molar-refractivity contribution in [3.8, 4) is 0 Å². The molecule has 6 nitrogen and oxygen atoms in total. The first-order valence-electron chi connectivity index (χ1n) is 14.2. The summed E-state index contributed by atoms with van der Waals surface area (Å²) in [6.07, 6.45) is 6.20. The van der Waals surface area contributed by atoms with Crippen LogP contribution < -0.4 is 5.32 Å². The fourth-order valence-corrected chi connectivity index (χ4v) is 6.47. The highest BCUT2D eigenvalue weighted by Crippen LogP contribution is 2.50. The second kappa shape index (κ2) is 11.2. The fraction of sp³-hybridized carbons (Fsp3) is 0.194. The maximum Gasteiger partial charge on any atom is 0.325 e. The number of benzene rings is 4. The largest absolute Gasteiger partial charge is 0.480 e. The van der Waals surface area contributed by atoms with Crippen molar-refractivity contribution in [3.63, 3.8) is 0 Å². The lowest BCUT2D eigenvalue weighted by atomic mass is 9.76. The molecule has 0 radical (unpaired) electrons. The molecule has 6 heteroatoms. The molecule has 0 spiro atoms. The number of carbonyl (C=O) groups excluding carboxylic acids is 2. The van der Waals surface area contributed by atoms with Crippen molar-refractivity contribution >= 4 is 40.7 Å². The van der Waals surface area contributed by atoms with Crippen LogP contribution in [0.25, 0.3) is 22.9 Å². The molecule has 2 aliphatic rings. The van der Waals surface area contributed by atoms with Gasteiger partial charge in [-0.1, -0.05) is 115 Å². The minimum Gasteiger partial charge on any atom is -0.480 e. The second-order valence-corrected chi connectivity index (χ2v) is 11.1. The third kappa shape index (κ3) is 4.84. The Morgan fingerprint density at radius 1 is 0.857 bits per heavy atom. The molecule has 42 heavy (non-hydrogen) atoms. The number of likely N-dealkylation sites (tertiary alicyclic amines) is 1. The van der Waals surface area contributed by atoms with Crippen LogP contribution in [-0.4, -0.2) is 39.9 Å². The van der Waals surface area contributed by atoms with Crippen molar-refractivity contribution in [3.05, 3.63) is 132 Å². The summed E-state index contributed by atoms with van der Waals surface area (Å²) in [5.74, 6) is -3.78. The zero-order chi connectivity index (χ0) is 29.3. The van der Waals surface area contributed by atoms with Gasteiger partial charge in [0.05, 0.1) is 11.8 Å². The van der Waals surface area contributed by atoms with E-state index < -0.39 is 35.3 Å². The topological polar surface area (TPSA) is 86.7 Å². The molecule has 4 aromatic rings. The number of imide groups is 1.